The van der Waals surface area contributed by atoms with Crippen molar-refractivity contribution in [2.45, 2.75) is 27.3 Å². The zero-order valence-corrected chi connectivity index (χ0v) is 18.7. The lowest BCUT2D eigenvalue weighted by atomic mass is 10.0. The zero-order valence-electron chi connectivity index (χ0n) is 18.7. The van der Waals surface area contributed by atoms with Gasteiger partial charge in [-0.2, -0.15) is 5.10 Å². The van der Waals surface area contributed by atoms with E-state index < -0.39 is 0 Å². The molecule has 0 saturated carbocycles. The van der Waals surface area contributed by atoms with Crippen LogP contribution in [0.25, 0.3) is 11.6 Å². The monoisotopic (exact) mass is 421 g/mol. The van der Waals surface area contributed by atoms with Gasteiger partial charge in [-0.25, -0.2) is 0 Å². The number of aryl methyl sites for hydroxylation is 2. The van der Waals surface area contributed by atoms with Crippen molar-refractivity contribution in [2.75, 3.05) is 5.32 Å². The van der Waals surface area contributed by atoms with Crippen LogP contribution in [0, 0.1) is 20.8 Å². The second kappa shape index (κ2) is 9.48. The van der Waals surface area contributed by atoms with Crippen LogP contribution in [0.15, 0.2) is 84.9 Å². The van der Waals surface area contributed by atoms with Crippen LogP contribution in [0.3, 0.4) is 0 Å². The predicted molar refractivity (Wildman–Crippen MR) is 131 cm³/mol. The van der Waals surface area contributed by atoms with Gasteiger partial charge in [0.25, 0.3) is 5.91 Å². The van der Waals surface area contributed by atoms with Gasteiger partial charge in [-0.15, -0.1) is 0 Å². The molecule has 0 unspecified atom stereocenters. The van der Waals surface area contributed by atoms with Gasteiger partial charge in [0.15, 0.2) is 0 Å². The summed E-state index contributed by atoms with van der Waals surface area (Å²) in [7, 11) is 0. The summed E-state index contributed by atoms with van der Waals surface area (Å²) in [6, 6.07) is 28.1. The molecule has 0 atom stereocenters. The third-order valence-corrected chi connectivity index (χ3v) is 5.51. The van der Waals surface area contributed by atoms with Crippen LogP contribution in [-0.4, -0.2) is 15.7 Å². The number of amides is 1. The number of anilines is 1. The molecule has 4 heteroatoms. The number of carbonyl (C=O) groups excluding carboxylic acids is 1. The van der Waals surface area contributed by atoms with Gasteiger partial charge >= 0.3 is 0 Å². The summed E-state index contributed by atoms with van der Waals surface area (Å²) in [6.45, 7) is 6.66. The maximum absolute atomic E-state index is 13.4. The van der Waals surface area contributed by atoms with Crippen LogP contribution < -0.4 is 5.32 Å². The highest BCUT2D eigenvalue weighted by atomic mass is 16.1. The SMILES string of the molecule is Cc1ccc(Cn2nc(C)c(NC(=O)/C(=C\c3ccccc3)c3ccccc3)c2C)cc1. The minimum absolute atomic E-state index is 0.152. The summed E-state index contributed by atoms with van der Waals surface area (Å²) in [6.07, 6.45) is 1.92. The number of nitrogens with zero attached hydrogens (tertiary/aromatic N) is 2. The molecular weight excluding hydrogens is 394 g/mol. The largest absolute Gasteiger partial charge is 0.319 e. The number of nitrogens with one attached hydrogen (secondary N) is 1. The Hall–Kier alpha value is -3.92. The van der Waals surface area contributed by atoms with Gasteiger partial charge in [0.05, 0.1) is 23.6 Å². The molecule has 4 rings (SSSR count). The molecule has 1 heterocycles. The van der Waals surface area contributed by atoms with Crippen molar-refractivity contribution in [1.29, 1.82) is 0 Å². The van der Waals surface area contributed by atoms with E-state index in [1.54, 1.807) is 0 Å². The minimum atomic E-state index is -0.152. The Balaban J connectivity index is 1.63. The van der Waals surface area contributed by atoms with Crippen LogP contribution in [-0.2, 0) is 11.3 Å². The van der Waals surface area contributed by atoms with Crippen molar-refractivity contribution in [3.8, 4) is 0 Å². The Morgan fingerprint density at radius 3 is 2.16 bits per heavy atom. The summed E-state index contributed by atoms with van der Waals surface area (Å²) >= 11 is 0. The number of benzene rings is 3. The third kappa shape index (κ3) is 4.86. The highest BCUT2D eigenvalue weighted by molar-refractivity contribution is 6.29. The number of rotatable bonds is 6. The first-order valence-electron chi connectivity index (χ1n) is 10.7. The fraction of sp³-hybridized carbons (Fsp3) is 0.143. The smallest absolute Gasteiger partial charge is 0.256 e. The Morgan fingerprint density at radius 1 is 0.875 bits per heavy atom. The average molecular weight is 422 g/mol. The van der Waals surface area contributed by atoms with Crippen LogP contribution in [0.5, 0.6) is 0 Å². The molecule has 4 aromatic rings. The molecule has 3 aromatic carbocycles. The minimum Gasteiger partial charge on any atom is -0.319 e. The zero-order chi connectivity index (χ0) is 22.5. The van der Waals surface area contributed by atoms with Gasteiger partial charge in [-0.1, -0.05) is 90.5 Å². The molecule has 0 spiro atoms. The fourth-order valence-corrected chi connectivity index (χ4v) is 3.69. The summed E-state index contributed by atoms with van der Waals surface area (Å²) in [5.41, 5.74) is 7.36. The standard InChI is InChI=1S/C28H27N3O/c1-20-14-16-24(17-15-20)19-31-22(3)27(21(2)30-31)29-28(32)26(25-12-8-5-9-13-25)18-23-10-6-4-7-11-23/h4-18H,19H2,1-3H3,(H,29,32)/b26-18-. The van der Waals surface area contributed by atoms with E-state index in [2.05, 4.69) is 41.6 Å². The predicted octanol–water partition coefficient (Wildman–Crippen LogP) is 6.04. The summed E-state index contributed by atoms with van der Waals surface area (Å²) < 4.78 is 1.94. The molecule has 0 aliphatic rings. The van der Waals surface area contributed by atoms with Crippen LogP contribution in [0.4, 0.5) is 5.69 Å². The molecule has 0 bridgehead atoms. The van der Waals surface area contributed by atoms with Crippen molar-refractivity contribution in [1.82, 2.24) is 9.78 Å². The van der Waals surface area contributed by atoms with E-state index in [0.717, 1.165) is 28.2 Å². The first-order valence-corrected chi connectivity index (χ1v) is 10.7. The van der Waals surface area contributed by atoms with Crippen LogP contribution in [0.1, 0.15) is 33.6 Å². The van der Waals surface area contributed by atoms with Gasteiger partial charge in [0.1, 0.15) is 0 Å². The second-order valence-electron chi connectivity index (χ2n) is 7.98. The molecule has 1 aromatic heterocycles. The number of hydrogen-bond acceptors (Lipinski definition) is 2. The van der Waals surface area contributed by atoms with Gasteiger partial charge in [-0.3, -0.25) is 9.48 Å². The van der Waals surface area contributed by atoms with E-state index in [9.17, 15) is 4.79 Å². The maximum Gasteiger partial charge on any atom is 0.256 e. The van der Waals surface area contributed by atoms with E-state index in [-0.39, 0.29) is 5.91 Å². The molecule has 0 radical (unpaired) electrons. The van der Waals surface area contributed by atoms with Crippen molar-refractivity contribution in [2.24, 2.45) is 0 Å². The third-order valence-electron chi connectivity index (χ3n) is 5.51. The van der Waals surface area contributed by atoms with Crippen molar-refractivity contribution >= 4 is 23.2 Å². The molecule has 1 N–H and O–H groups in total. The van der Waals surface area contributed by atoms with E-state index in [0.29, 0.717) is 12.1 Å². The molecule has 0 aliphatic heterocycles. The Labute approximate surface area is 189 Å². The van der Waals surface area contributed by atoms with Crippen molar-refractivity contribution in [3.05, 3.63) is 119 Å². The first-order chi connectivity index (χ1) is 15.5. The summed E-state index contributed by atoms with van der Waals surface area (Å²) in [4.78, 5) is 13.4. The molecule has 32 heavy (non-hydrogen) atoms. The maximum atomic E-state index is 13.4. The Bertz CT molecular complexity index is 1240. The molecule has 0 saturated heterocycles. The van der Waals surface area contributed by atoms with Crippen LogP contribution >= 0.6 is 0 Å². The highest BCUT2D eigenvalue weighted by Crippen LogP contribution is 2.25. The number of aromatic nitrogens is 2. The highest BCUT2D eigenvalue weighted by Gasteiger charge is 2.18. The lowest BCUT2D eigenvalue weighted by Gasteiger charge is -2.11. The fourth-order valence-electron chi connectivity index (χ4n) is 3.69. The topological polar surface area (TPSA) is 46.9 Å². The lowest BCUT2D eigenvalue weighted by molar-refractivity contribution is -0.111. The van der Waals surface area contributed by atoms with Crippen molar-refractivity contribution < 1.29 is 4.79 Å². The molecule has 0 fully saturated rings. The van der Waals surface area contributed by atoms with Gasteiger partial charge in [-0.05, 0) is 43.5 Å². The van der Waals surface area contributed by atoms with Gasteiger partial charge < -0.3 is 5.32 Å². The van der Waals surface area contributed by atoms with E-state index in [1.165, 1.54) is 11.1 Å². The van der Waals surface area contributed by atoms with E-state index in [1.807, 2.05) is 85.3 Å². The molecule has 0 aliphatic carbocycles. The van der Waals surface area contributed by atoms with Crippen molar-refractivity contribution in [3.63, 3.8) is 0 Å². The molecular formula is C28H27N3O. The first kappa shape index (κ1) is 21.3. The molecule has 160 valence electrons. The second-order valence-corrected chi connectivity index (χ2v) is 7.98. The number of hydrogen-bond donors (Lipinski definition) is 1. The molecule has 4 nitrogen and oxygen atoms in total. The summed E-state index contributed by atoms with van der Waals surface area (Å²) in [5.74, 6) is -0.152. The van der Waals surface area contributed by atoms with Crippen LogP contribution in [0.2, 0.25) is 0 Å². The normalized spacial score (nSPS) is 11.4. The molecule has 1 amide bonds. The summed E-state index contributed by atoms with van der Waals surface area (Å²) in [5, 5.41) is 7.80. The van der Waals surface area contributed by atoms with E-state index >= 15 is 0 Å². The lowest BCUT2D eigenvalue weighted by Crippen LogP contribution is -2.15. The average Bonchev–Trinajstić information content (AvgIpc) is 3.07. The quantitative estimate of drug-likeness (QED) is 0.305. The van der Waals surface area contributed by atoms with E-state index in [4.69, 9.17) is 0 Å². The Kier molecular flexibility index (Phi) is 6.31. The Morgan fingerprint density at radius 2 is 1.50 bits per heavy atom. The number of carbonyl (C=O) groups is 1. The van der Waals surface area contributed by atoms with Gasteiger partial charge in [0, 0.05) is 5.57 Å². The van der Waals surface area contributed by atoms with Gasteiger partial charge in [0.2, 0.25) is 0 Å².